The van der Waals surface area contributed by atoms with Crippen molar-refractivity contribution in [1.82, 2.24) is 20.0 Å². The first-order valence-electron chi connectivity index (χ1n) is 4.63. The number of nitrogen functional groups attached to an aromatic ring is 1. The van der Waals surface area contributed by atoms with Crippen LogP contribution in [-0.4, -0.2) is 20.0 Å². The number of tetrazole rings is 1. The lowest BCUT2D eigenvalue weighted by Gasteiger charge is -2.05. The van der Waals surface area contributed by atoms with Crippen LogP contribution in [0.3, 0.4) is 0 Å². The third-order valence-corrected chi connectivity index (χ3v) is 2.54. The molecule has 0 unspecified atom stereocenters. The van der Waals surface area contributed by atoms with Gasteiger partial charge in [-0.05, 0) is 35.0 Å². The van der Waals surface area contributed by atoms with Crippen LogP contribution in [0.25, 0.3) is 16.6 Å². The molecule has 0 aliphatic carbocycles. The monoisotopic (exact) mass is 199 g/mol. The zero-order chi connectivity index (χ0) is 10.4. The summed E-state index contributed by atoms with van der Waals surface area (Å²) in [6.07, 6.45) is 0. The van der Waals surface area contributed by atoms with Crippen LogP contribution >= 0.6 is 0 Å². The molecule has 0 spiro atoms. The average Bonchev–Trinajstić information content (AvgIpc) is 2.66. The van der Waals surface area contributed by atoms with Gasteiger partial charge in [0, 0.05) is 5.39 Å². The second-order valence-corrected chi connectivity index (χ2v) is 3.52. The Hall–Kier alpha value is -2.17. The van der Waals surface area contributed by atoms with Crippen LogP contribution in [0.2, 0.25) is 0 Å². The minimum atomic E-state index is 0.688. The quantitative estimate of drug-likeness (QED) is 0.552. The minimum Gasteiger partial charge on any atom is -0.397 e. The van der Waals surface area contributed by atoms with Gasteiger partial charge in [-0.1, -0.05) is 12.1 Å². The van der Waals surface area contributed by atoms with E-state index in [4.69, 9.17) is 5.73 Å². The molecule has 0 atom stereocenters. The number of aryl methyl sites for hydroxylation is 1. The van der Waals surface area contributed by atoms with E-state index in [1.54, 1.807) is 4.52 Å². The standard InChI is InChI=1S/C10H9N5/c1-6-5-9-12-13-14-15(9)10-7(6)3-2-4-8(10)11/h2-5H,11H2,1H3. The van der Waals surface area contributed by atoms with Gasteiger partial charge >= 0.3 is 0 Å². The summed E-state index contributed by atoms with van der Waals surface area (Å²) in [6.45, 7) is 2.02. The van der Waals surface area contributed by atoms with Gasteiger partial charge in [-0.15, -0.1) is 5.10 Å². The molecule has 5 heteroatoms. The third-order valence-electron chi connectivity index (χ3n) is 2.54. The molecule has 2 heterocycles. The number of nitrogens with zero attached hydrogens (tertiary/aromatic N) is 4. The second-order valence-electron chi connectivity index (χ2n) is 3.52. The van der Waals surface area contributed by atoms with Crippen LogP contribution in [0.4, 0.5) is 5.69 Å². The predicted octanol–water partition coefficient (Wildman–Crippen LogP) is 1.17. The Balaban J connectivity index is 2.69. The minimum absolute atomic E-state index is 0.688. The zero-order valence-electron chi connectivity index (χ0n) is 8.18. The average molecular weight is 199 g/mol. The predicted molar refractivity (Wildman–Crippen MR) is 57.4 cm³/mol. The fraction of sp³-hybridized carbons (Fsp3) is 0.100. The van der Waals surface area contributed by atoms with Crippen LogP contribution in [-0.2, 0) is 0 Å². The maximum atomic E-state index is 5.93. The van der Waals surface area contributed by atoms with E-state index in [-0.39, 0.29) is 0 Å². The van der Waals surface area contributed by atoms with Crippen molar-refractivity contribution < 1.29 is 0 Å². The van der Waals surface area contributed by atoms with E-state index in [9.17, 15) is 0 Å². The Morgan fingerprint density at radius 1 is 1.33 bits per heavy atom. The highest BCUT2D eigenvalue weighted by atomic mass is 15.5. The lowest BCUT2D eigenvalue weighted by Crippen LogP contribution is -1.97. The first kappa shape index (κ1) is 8.16. The summed E-state index contributed by atoms with van der Waals surface area (Å²) in [5.41, 5.74) is 9.34. The zero-order valence-corrected chi connectivity index (χ0v) is 8.18. The molecule has 0 aliphatic rings. The molecule has 2 aromatic heterocycles. The van der Waals surface area contributed by atoms with Crippen molar-refractivity contribution in [2.45, 2.75) is 6.92 Å². The van der Waals surface area contributed by atoms with Crippen molar-refractivity contribution in [2.24, 2.45) is 0 Å². The summed E-state index contributed by atoms with van der Waals surface area (Å²) >= 11 is 0. The highest BCUT2D eigenvalue weighted by Gasteiger charge is 2.08. The number of rotatable bonds is 0. The summed E-state index contributed by atoms with van der Waals surface area (Å²) < 4.78 is 1.66. The van der Waals surface area contributed by atoms with Gasteiger partial charge in [0.2, 0.25) is 0 Å². The van der Waals surface area contributed by atoms with Gasteiger partial charge in [-0.3, -0.25) is 0 Å². The highest BCUT2D eigenvalue weighted by Crippen LogP contribution is 2.24. The van der Waals surface area contributed by atoms with E-state index in [1.807, 2.05) is 31.2 Å². The molecule has 2 N–H and O–H groups in total. The van der Waals surface area contributed by atoms with Crippen LogP contribution in [0.15, 0.2) is 24.3 Å². The maximum absolute atomic E-state index is 5.93. The molecule has 0 saturated carbocycles. The molecule has 15 heavy (non-hydrogen) atoms. The first-order chi connectivity index (χ1) is 7.27. The molecule has 5 nitrogen and oxygen atoms in total. The largest absolute Gasteiger partial charge is 0.397 e. The normalized spacial score (nSPS) is 11.3. The van der Waals surface area contributed by atoms with Crippen molar-refractivity contribution in [1.29, 1.82) is 0 Å². The SMILES string of the molecule is Cc1cc2nnnn2c2c(N)cccc12. The number of pyridine rings is 1. The fourth-order valence-electron chi connectivity index (χ4n) is 1.83. The van der Waals surface area contributed by atoms with E-state index in [2.05, 4.69) is 15.5 Å². The Kier molecular flexibility index (Phi) is 1.45. The van der Waals surface area contributed by atoms with Crippen molar-refractivity contribution in [3.05, 3.63) is 29.8 Å². The Morgan fingerprint density at radius 2 is 2.20 bits per heavy atom. The molecule has 0 amide bonds. The number of aromatic nitrogens is 4. The molecule has 3 rings (SSSR count). The maximum Gasteiger partial charge on any atom is 0.180 e. The van der Waals surface area contributed by atoms with E-state index >= 15 is 0 Å². The smallest absolute Gasteiger partial charge is 0.180 e. The van der Waals surface area contributed by atoms with Gasteiger partial charge in [0.25, 0.3) is 0 Å². The van der Waals surface area contributed by atoms with Crippen LogP contribution < -0.4 is 5.73 Å². The summed E-state index contributed by atoms with van der Waals surface area (Å²) in [5, 5.41) is 12.6. The van der Waals surface area contributed by atoms with Crippen LogP contribution in [0.1, 0.15) is 5.56 Å². The Bertz CT molecular complexity index is 655. The topological polar surface area (TPSA) is 69.1 Å². The van der Waals surface area contributed by atoms with Crippen molar-refractivity contribution in [2.75, 3.05) is 5.73 Å². The van der Waals surface area contributed by atoms with Gasteiger partial charge in [0.15, 0.2) is 5.65 Å². The molecule has 1 aromatic carbocycles. The second kappa shape index (κ2) is 2.66. The number of hydrogen-bond donors (Lipinski definition) is 1. The summed E-state index contributed by atoms with van der Waals surface area (Å²) in [7, 11) is 0. The molecule has 0 saturated heterocycles. The molecule has 0 fully saturated rings. The Labute approximate surface area is 85.5 Å². The van der Waals surface area contributed by atoms with E-state index in [0.29, 0.717) is 5.69 Å². The van der Waals surface area contributed by atoms with Gasteiger partial charge in [-0.25, -0.2) is 0 Å². The van der Waals surface area contributed by atoms with Gasteiger partial charge in [0.1, 0.15) is 0 Å². The van der Waals surface area contributed by atoms with Crippen molar-refractivity contribution in [3.8, 4) is 0 Å². The number of benzene rings is 1. The molecular formula is C10H9N5. The summed E-state index contributed by atoms with van der Waals surface area (Å²) in [6, 6.07) is 7.74. The number of fused-ring (bicyclic) bond motifs is 3. The molecule has 74 valence electrons. The molecular weight excluding hydrogens is 190 g/mol. The summed E-state index contributed by atoms with van der Waals surface area (Å²) in [4.78, 5) is 0. The Morgan fingerprint density at radius 3 is 3.07 bits per heavy atom. The molecule has 0 aliphatic heterocycles. The van der Waals surface area contributed by atoms with E-state index in [0.717, 1.165) is 22.1 Å². The number of hydrogen-bond acceptors (Lipinski definition) is 4. The van der Waals surface area contributed by atoms with Crippen LogP contribution in [0, 0.1) is 6.92 Å². The lowest BCUT2D eigenvalue weighted by molar-refractivity contribution is 0.842. The van der Waals surface area contributed by atoms with Crippen molar-refractivity contribution in [3.63, 3.8) is 0 Å². The molecule has 0 radical (unpaired) electrons. The number of nitrogens with two attached hydrogens (primary N) is 1. The first-order valence-corrected chi connectivity index (χ1v) is 4.63. The highest BCUT2D eigenvalue weighted by molar-refractivity contribution is 5.93. The van der Waals surface area contributed by atoms with Crippen LogP contribution in [0.5, 0.6) is 0 Å². The third kappa shape index (κ3) is 0.999. The fourth-order valence-corrected chi connectivity index (χ4v) is 1.83. The van der Waals surface area contributed by atoms with Gasteiger partial charge < -0.3 is 5.73 Å². The van der Waals surface area contributed by atoms with Gasteiger partial charge in [0.05, 0.1) is 11.2 Å². The molecule has 3 aromatic rings. The van der Waals surface area contributed by atoms with E-state index in [1.165, 1.54) is 0 Å². The van der Waals surface area contributed by atoms with Gasteiger partial charge in [-0.2, -0.15) is 4.52 Å². The summed E-state index contributed by atoms with van der Waals surface area (Å²) in [5.74, 6) is 0. The van der Waals surface area contributed by atoms with E-state index < -0.39 is 0 Å². The number of para-hydroxylation sites is 1. The molecule has 0 bridgehead atoms. The van der Waals surface area contributed by atoms with Crippen molar-refractivity contribution >= 4 is 22.2 Å². The number of anilines is 1. The lowest BCUT2D eigenvalue weighted by atomic mass is 10.1.